The van der Waals surface area contributed by atoms with Crippen molar-refractivity contribution in [2.75, 3.05) is 11.9 Å². The summed E-state index contributed by atoms with van der Waals surface area (Å²) in [6.45, 7) is 0.981. The molecular formula is C19H17FIN3O. The second-order valence-corrected chi connectivity index (χ2v) is 6.93. The Balaban J connectivity index is 1.94. The molecule has 1 heterocycles. The van der Waals surface area contributed by atoms with E-state index in [1.165, 1.54) is 12.1 Å². The maximum absolute atomic E-state index is 13.1. The number of anilines is 1. The number of rotatable bonds is 5. The Bertz CT molecular complexity index is 910. The van der Waals surface area contributed by atoms with Crippen molar-refractivity contribution in [3.8, 4) is 0 Å². The molecule has 1 aromatic heterocycles. The minimum Gasteiger partial charge on any atom is -0.341 e. The summed E-state index contributed by atoms with van der Waals surface area (Å²) in [5, 5.41) is 0. The average Bonchev–Trinajstić information content (AvgIpc) is 2.61. The first-order valence-corrected chi connectivity index (χ1v) is 8.87. The lowest BCUT2D eigenvalue weighted by atomic mass is 10.2. The van der Waals surface area contributed by atoms with Crippen molar-refractivity contribution in [1.82, 2.24) is 9.55 Å². The summed E-state index contributed by atoms with van der Waals surface area (Å²) in [6, 6.07) is 16.2. The van der Waals surface area contributed by atoms with E-state index in [1.807, 2.05) is 64.9 Å². The molecule has 0 aliphatic carbocycles. The highest BCUT2D eigenvalue weighted by Crippen LogP contribution is 2.14. The fourth-order valence-electron chi connectivity index (χ4n) is 2.61. The van der Waals surface area contributed by atoms with Crippen LogP contribution in [0.1, 0.15) is 11.1 Å². The Morgan fingerprint density at radius 3 is 2.44 bits per heavy atom. The second-order valence-electron chi connectivity index (χ2n) is 5.77. The van der Waals surface area contributed by atoms with Gasteiger partial charge in [-0.25, -0.2) is 9.37 Å². The van der Waals surface area contributed by atoms with E-state index in [-0.39, 0.29) is 11.4 Å². The van der Waals surface area contributed by atoms with Crippen LogP contribution in [-0.2, 0) is 13.1 Å². The monoisotopic (exact) mass is 449 g/mol. The van der Waals surface area contributed by atoms with Crippen LogP contribution in [-0.4, -0.2) is 16.6 Å². The van der Waals surface area contributed by atoms with Gasteiger partial charge in [-0.15, -0.1) is 0 Å². The molecule has 4 nitrogen and oxygen atoms in total. The molecule has 3 rings (SSSR count). The van der Waals surface area contributed by atoms with Crippen LogP contribution in [0.4, 0.5) is 10.3 Å². The van der Waals surface area contributed by atoms with Crippen molar-refractivity contribution in [1.29, 1.82) is 0 Å². The van der Waals surface area contributed by atoms with Gasteiger partial charge < -0.3 is 4.90 Å². The van der Waals surface area contributed by atoms with Gasteiger partial charge in [0.15, 0.2) is 0 Å². The summed E-state index contributed by atoms with van der Waals surface area (Å²) in [5.41, 5.74) is 1.88. The third kappa shape index (κ3) is 4.25. The van der Waals surface area contributed by atoms with Gasteiger partial charge in [0.25, 0.3) is 5.56 Å². The van der Waals surface area contributed by atoms with Crippen molar-refractivity contribution in [3.63, 3.8) is 0 Å². The molecule has 0 aliphatic heterocycles. The standard InChI is InChI=1S/C19H17FIN3O/c1-23(12-14-5-3-2-4-6-14)19-22-11-17(21)18(25)24(19)13-15-7-9-16(20)10-8-15/h2-11H,12-13H2,1H3. The van der Waals surface area contributed by atoms with Crippen molar-refractivity contribution >= 4 is 28.5 Å². The van der Waals surface area contributed by atoms with Gasteiger partial charge in [-0.05, 0) is 45.9 Å². The fraction of sp³-hybridized carbons (Fsp3) is 0.158. The first kappa shape index (κ1) is 17.6. The zero-order chi connectivity index (χ0) is 17.8. The third-order valence-corrected chi connectivity index (χ3v) is 4.58. The molecule has 0 amide bonds. The molecule has 6 heteroatoms. The van der Waals surface area contributed by atoms with Crippen LogP contribution in [0.5, 0.6) is 0 Å². The predicted octanol–water partition coefficient (Wildman–Crippen LogP) is 3.67. The number of hydrogen-bond acceptors (Lipinski definition) is 3. The summed E-state index contributed by atoms with van der Waals surface area (Å²) in [5.74, 6) is 0.289. The van der Waals surface area contributed by atoms with E-state index in [1.54, 1.807) is 22.9 Å². The summed E-state index contributed by atoms with van der Waals surface area (Å²) in [7, 11) is 1.91. The highest BCUT2D eigenvalue weighted by Gasteiger charge is 2.14. The highest BCUT2D eigenvalue weighted by atomic mass is 127. The van der Waals surface area contributed by atoms with E-state index in [9.17, 15) is 9.18 Å². The number of halogens is 2. The minimum absolute atomic E-state index is 0.102. The van der Waals surface area contributed by atoms with Gasteiger partial charge >= 0.3 is 0 Å². The van der Waals surface area contributed by atoms with Crippen molar-refractivity contribution in [2.24, 2.45) is 0 Å². The molecular weight excluding hydrogens is 432 g/mol. The number of nitrogens with zero attached hydrogens (tertiary/aromatic N) is 3. The molecule has 0 fully saturated rings. The maximum atomic E-state index is 13.1. The van der Waals surface area contributed by atoms with Crippen molar-refractivity contribution in [2.45, 2.75) is 13.1 Å². The zero-order valence-corrected chi connectivity index (χ0v) is 15.9. The molecule has 0 spiro atoms. The fourth-order valence-corrected chi connectivity index (χ4v) is 3.04. The molecule has 0 bridgehead atoms. The number of aromatic nitrogens is 2. The van der Waals surface area contributed by atoms with Crippen LogP contribution in [0.15, 0.2) is 65.6 Å². The third-order valence-electron chi connectivity index (χ3n) is 3.84. The van der Waals surface area contributed by atoms with E-state index in [0.29, 0.717) is 22.6 Å². The zero-order valence-electron chi connectivity index (χ0n) is 13.7. The van der Waals surface area contributed by atoms with E-state index in [4.69, 9.17) is 0 Å². The van der Waals surface area contributed by atoms with E-state index in [2.05, 4.69) is 4.98 Å². The molecule has 0 saturated carbocycles. The van der Waals surface area contributed by atoms with Crippen LogP contribution in [0.25, 0.3) is 0 Å². The molecule has 2 aromatic carbocycles. The molecule has 0 radical (unpaired) electrons. The first-order valence-electron chi connectivity index (χ1n) is 7.79. The van der Waals surface area contributed by atoms with Gasteiger partial charge in [-0.2, -0.15) is 0 Å². The molecule has 0 N–H and O–H groups in total. The summed E-state index contributed by atoms with van der Waals surface area (Å²) >= 11 is 1.99. The molecule has 3 aromatic rings. The first-order chi connectivity index (χ1) is 12.0. The number of hydrogen-bond donors (Lipinski definition) is 0. The summed E-state index contributed by atoms with van der Waals surface area (Å²) in [4.78, 5) is 19.0. The van der Waals surface area contributed by atoms with Gasteiger partial charge in [-0.1, -0.05) is 42.5 Å². The summed E-state index contributed by atoms with van der Waals surface area (Å²) < 4.78 is 15.3. The Hall–Kier alpha value is -2.22. The van der Waals surface area contributed by atoms with E-state index >= 15 is 0 Å². The van der Waals surface area contributed by atoms with E-state index in [0.717, 1.165) is 11.1 Å². The van der Waals surface area contributed by atoms with E-state index < -0.39 is 0 Å². The average molecular weight is 449 g/mol. The van der Waals surface area contributed by atoms with Crippen LogP contribution >= 0.6 is 22.6 Å². The van der Waals surface area contributed by atoms with Gasteiger partial charge in [0.2, 0.25) is 5.95 Å². The van der Waals surface area contributed by atoms with Crippen LogP contribution < -0.4 is 10.5 Å². The lowest BCUT2D eigenvalue weighted by molar-refractivity contribution is 0.625. The Morgan fingerprint density at radius 2 is 1.76 bits per heavy atom. The topological polar surface area (TPSA) is 38.1 Å². The van der Waals surface area contributed by atoms with Crippen molar-refractivity contribution in [3.05, 3.63) is 91.7 Å². The van der Waals surface area contributed by atoms with Crippen LogP contribution in [0.2, 0.25) is 0 Å². The SMILES string of the molecule is CN(Cc1ccccc1)c1ncc(I)c(=O)n1Cc1ccc(F)cc1. The number of benzene rings is 2. The van der Waals surface area contributed by atoms with Gasteiger partial charge in [0.1, 0.15) is 5.82 Å². The lowest BCUT2D eigenvalue weighted by Crippen LogP contribution is -2.31. The second kappa shape index (κ2) is 7.77. The largest absolute Gasteiger partial charge is 0.341 e. The van der Waals surface area contributed by atoms with Crippen molar-refractivity contribution < 1.29 is 4.39 Å². The molecule has 0 aliphatic rings. The lowest BCUT2D eigenvalue weighted by Gasteiger charge is -2.22. The quantitative estimate of drug-likeness (QED) is 0.558. The van der Waals surface area contributed by atoms with Gasteiger partial charge in [0.05, 0.1) is 10.1 Å². The van der Waals surface area contributed by atoms with Crippen LogP contribution in [0.3, 0.4) is 0 Å². The molecule has 0 saturated heterocycles. The molecule has 0 unspecified atom stereocenters. The highest BCUT2D eigenvalue weighted by molar-refractivity contribution is 14.1. The minimum atomic E-state index is -0.293. The molecule has 25 heavy (non-hydrogen) atoms. The Morgan fingerprint density at radius 1 is 1.08 bits per heavy atom. The summed E-state index contributed by atoms with van der Waals surface area (Å²) in [6.07, 6.45) is 1.58. The smallest absolute Gasteiger partial charge is 0.268 e. The Kier molecular flexibility index (Phi) is 5.47. The van der Waals surface area contributed by atoms with Gasteiger partial charge in [-0.3, -0.25) is 9.36 Å². The van der Waals surface area contributed by atoms with Crippen LogP contribution in [0, 0.1) is 9.39 Å². The predicted molar refractivity (Wildman–Crippen MR) is 105 cm³/mol. The Labute approximate surface area is 159 Å². The normalized spacial score (nSPS) is 10.7. The molecule has 0 atom stereocenters. The van der Waals surface area contributed by atoms with Gasteiger partial charge in [0, 0.05) is 19.8 Å². The molecule has 128 valence electrons. The maximum Gasteiger partial charge on any atom is 0.268 e.